The van der Waals surface area contributed by atoms with Gasteiger partial charge in [-0.2, -0.15) is 0 Å². The van der Waals surface area contributed by atoms with Crippen LogP contribution in [0.5, 0.6) is 28.7 Å². The zero-order valence-electron chi connectivity index (χ0n) is 22.9. The van der Waals surface area contributed by atoms with E-state index in [-0.39, 0.29) is 46.9 Å². The second-order valence-corrected chi connectivity index (χ2v) is 10.0. The summed E-state index contributed by atoms with van der Waals surface area (Å²) in [6.45, 7) is 8.33. The van der Waals surface area contributed by atoms with Crippen LogP contribution in [0.15, 0.2) is 60.7 Å². The van der Waals surface area contributed by atoms with E-state index in [4.69, 9.17) is 0 Å². The molecule has 3 aromatic rings. The molecule has 0 radical (unpaired) electrons. The highest BCUT2D eigenvalue weighted by molar-refractivity contribution is 5.41. The number of nitrogens with one attached hydrogen (secondary N) is 2. The lowest BCUT2D eigenvalue weighted by Gasteiger charge is -2.25. The van der Waals surface area contributed by atoms with Gasteiger partial charge >= 0.3 is 0 Å². The molecule has 0 aromatic heterocycles. The molecular weight excluding hydrogens is 500 g/mol. The second kappa shape index (κ2) is 15.2. The number of benzene rings is 3. The number of aliphatic hydroxyl groups is 2. The molecule has 0 saturated carbocycles. The normalized spacial score (nSPS) is 14.2. The molecule has 0 bridgehead atoms. The van der Waals surface area contributed by atoms with Gasteiger partial charge in [-0.3, -0.25) is 0 Å². The number of aromatic hydroxyl groups is 5. The van der Waals surface area contributed by atoms with Crippen molar-refractivity contribution < 1.29 is 35.7 Å². The van der Waals surface area contributed by atoms with Crippen molar-refractivity contribution in [1.82, 2.24) is 10.6 Å². The summed E-state index contributed by atoms with van der Waals surface area (Å²) < 4.78 is 0. The molecule has 4 atom stereocenters. The Balaban J connectivity index is 0.000000283. The van der Waals surface area contributed by atoms with Crippen LogP contribution in [0.4, 0.5) is 0 Å². The van der Waals surface area contributed by atoms with Gasteiger partial charge in [0.05, 0.1) is 12.2 Å². The fourth-order valence-corrected chi connectivity index (χ4v) is 4.12. The fourth-order valence-electron chi connectivity index (χ4n) is 4.12. The topological polar surface area (TPSA) is 166 Å². The van der Waals surface area contributed by atoms with Gasteiger partial charge in [0, 0.05) is 30.7 Å². The summed E-state index contributed by atoms with van der Waals surface area (Å²) in [4.78, 5) is 0. The van der Waals surface area contributed by atoms with Gasteiger partial charge in [-0.15, -0.1) is 0 Å². The first-order valence-electron chi connectivity index (χ1n) is 13.1. The largest absolute Gasteiger partial charge is 0.508 e. The lowest BCUT2D eigenvalue weighted by Crippen LogP contribution is -2.38. The molecule has 0 spiro atoms. The van der Waals surface area contributed by atoms with Gasteiger partial charge in [0.2, 0.25) is 0 Å². The van der Waals surface area contributed by atoms with Crippen molar-refractivity contribution in [2.75, 3.05) is 6.54 Å². The zero-order chi connectivity index (χ0) is 29.1. The Morgan fingerprint density at radius 1 is 0.692 bits per heavy atom. The van der Waals surface area contributed by atoms with Crippen LogP contribution >= 0.6 is 0 Å². The molecule has 0 heterocycles. The lowest BCUT2D eigenvalue weighted by atomic mass is 9.99. The van der Waals surface area contributed by atoms with Crippen LogP contribution in [0.2, 0.25) is 0 Å². The summed E-state index contributed by atoms with van der Waals surface area (Å²) in [7, 11) is 0. The molecule has 3 aromatic carbocycles. The summed E-state index contributed by atoms with van der Waals surface area (Å²) in [5, 5.41) is 73.5. The fraction of sp³-hybridized carbons (Fsp3) is 0.400. The molecule has 9 N–H and O–H groups in total. The SMILES string of the molecule is CC(Cc1ccc(O)cc1)NCC(O)c1cc(O)cc(O)c1.CCC(NC(C)C)C(O)c1ccc(O)c(O)c1. The first-order chi connectivity index (χ1) is 18.4. The van der Waals surface area contributed by atoms with Gasteiger partial charge in [0.1, 0.15) is 17.2 Å². The van der Waals surface area contributed by atoms with Crippen molar-refractivity contribution in [3.63, 3.8) is 0 Å². The predicted molar refractivity (Wildman–Crippen MR) is 151 cm³/mol. The van der Waals surface area contributed by atoms with E-state index in [9.17, 15) is 35.7 Å². The van der Waals surface area contributed by atoms with Crippen LogP contribution < -0.4 is 10.6 Å². The highest BCUT2D eigenvalue weighted by atomic mass is 16.3. The summed E-state index contributed by atoms with van der Waals surface area (Å²) in [6.07, 6.45) is 0.0217. The van der Waals surface area contributed by atoms with E-state index >= 15 is 0 Å². The Morgan fingerprint density at radius 2 is 1.31 bits per heavy atom. The Bertz CT molecular complexity index is 1130. The van der Waals surface area contributed by atoms with E-state index in [1.54, 1.807) is 18.2 Å². The maximum atomic E-state index is 10.2. The highest BCUT2D eigenvalue weighted by Gasteiger charge is 2.20. The molecular formula is C30H42N2O7. The first kappa shape index (κ1) is 31.7. The van der Waals surface area contributed by atoms with Crippen molar-refractivity contribution in [2.24, 2.45) is 0 Å². The molecule has 9 nitrogen and oxygen atoms in total. The van der Waals surface area contributed by atoms with E-state index in [0.717, 1.165) is 18.4 Å². The van der Waals surface area contributed by atoms with Gasteiger partial charge in [0.15, 0.2) is 11.5 Å². The molecule has 0 amide bonds. The van der Waals surface area contributed by atoms with Crippen molar-refractivity contribution >= 4 is 0 Å². The molecule has 0 aliphatic heterocycles. The number of hydrogen-bond donors (Lipinski definition) is 9. The van der Waals surface area contributed by atoms with E-state index in [0.29, 0.717) is 17.7 Å². The summed E-state index contributed by atoms with van der Waals surface area (Å²) in [5.41, 5.74) is 2.14. The Morgan fingerprint density at radius 3 is 1.85 bits per heavy atom. The Kier molecular flexibility index (Phi) is 12.3. The Labute approximate surface area is 230 Å². The highest BCUT2D eigenvalue weighted by Crippen LogP contribution is 2.29. The van der Waals surface area contributed by atoms with Crippen LogP contribution in [0.1, 0.15) is 63.0 Å². The minimum atomic E-state index is -0.819. The Hall–Kier alpha value is -3.50. The van der Waals surface area contributed by atoms with E-state index in [1.807, 2.05) is 39.8 Å². The zero-order valence-corrected chi connectivity index (χ0v) is 22.9. The quantitative estimate of drug-likeness (QED) is 0.163. The molecule has 3 rings (SSSR count). The predicted octanol–water partition coefficient (Wildman–Crippen LogP) is 3.97. The third-order valence-electron chi connectivity index (χ3n) is 6.16. The number of phenolic OH excluding ortho intramolecular Hbond substituents is 5. The van der Waals surface area contributed by atoms with E-state index in [1.165, 1.54) is 30.3 Å². The average molecular weight is 543 g/mol. The smallest absolute Gasteiger partial charge is 0.157 e. The van der Waals surface area contributed by atoms with E-state index < -0.39 is 12.2 Å². The molecule has 0 aliphatic carbocycles. The monoisotopic (exact) mass is 542 g/mol. The van der Waals surface area contributed by atoms with Crippen LogP contribution in [0.25, 0.3) is 0 Å². The minimum absolute atomic E-state index is 0.0704. The van der Waals surface area contributed by atoms with E-state index in [2.05, 4.69) is 10.6 Å². The molecule has 0 aliphatic rings. The molecule has 4 unspecified atom stereocenters. The van der Waals surface area contributed by atoms with Gasteiger partial charge < -0.3 is 46.4 Å². The van der Waals surface area contributed by atoms with Crippen LogP contribution in [0.3, 0.4) is 0 Å². The van der Waals surface area contributed by atoms with Crippen molar-refractivity contribution in [3.05, 3.63) is 77.4 Å². The van der Waals surface area contributed by atoms with Gasteiger partial charge in [-0.05, 0) is 72.9 Å². The molecule has 39 heavy (non-hydrogen) atoms. The van der Waals surface area contributed by atoms with Crippen LogP contribution in [-0.4, -0.2) is 60.4 Å². The standard InChI is InChI=1S/C17H21NO4.C13H21NO3/c1-11(6-12-2-4-14(19)5-3-12)18-10-17(22)13-7-15(20)9-16(21)8-13;1-4-10(14-8(2)3)13(17)9-5-6-11(15)12(16)7-9/h2-5,7-9,11,17-22H,6,10H2,1H3;5-8,10,13-17H,4H2,1-3H3. The van der Waals surface area contributed by atoms with Gasteiger partial charge in [-0.1, -0.05) is 39.0 Å². The van der Waals surface area contributed by atoms with Crippen LogP contribution in [0, 0.1) is 0 Å². The lowest BCUT2D eigenvalue weighted by molar-refractivity contribution is 0.121. The first-order valence-corrected chi connectivity index (χ1v) is 13.1. The second-order valence-electron chi connectivity index (χ2n) is 10.0. The number of aliphatic hydroxyl groups excluding tert-OH is 2. The van der Waals surface area contributed by atoms with Crippen LogP contribution in [-0.2, 0) is 6.42 Å². The third-order valence-corrected chi connectivity index (χ3v) is 6.16. The minimum Gasteiger partial charge on any atom is -0.508 e. The average Bonchev–Trinajstić information content (AvgIpc) is 2.88. The van der Waals surface area contributed by atoms with Gasteiger partial charge in [-0.25, -0.2) is 0 Å². The van der Waals surface area contributed by atoms with Crippen molar-refractivity contribution in [2.45, 2.75) is 70.9 Å². The summed E-state index contributed by atoms with van der Waals surface area (Å²) >= 11 is 0. The molecule has 0 saturated heterocycles. The maximum Gasteiger partial charge on any atom is 0.157 e. The van der Waals surface area contributed by atoms with Crippen molar-refractivity contribution in [1.29, 1.82) is 0 Å². The summed E-state index contributed by atoms with van der Waals surface area (Å²) in [5.74, 6) is -0.298. The molecule has 214 valence electrons. The maximum absolute atomic E-state index is 10.2. The molecule has 0 fully saturated rings. The molecule has 9 heteroatoms. The number of rotatable bonds is 11. The summed E-state index contributed by atoms with van der Waals surface area (Å²) in [6, 6.07) is 15.8. The number of hydrogen-bond acceptors (Lipinski definition) is 9. The van der Waals surface area contributed by atoms with Crippen molar-refractivity contribution in [3.8, 4) is 28.7 Å². The third kappa shape index (κ3) is 10.6. The van der Waals surface area contributed by atoms with Gasteiger partial charge in [0.25, 0.3) is 0 Å². The number of phenols is 5.